The summed E-state index contributed by atoms with van der Waals surface area (Å²) in [6.07, 6.45) is -0.296. The maximum atomic E-state index is 9.68. The van der Waals surface area contributed by atoms with Crippen molar-refractivity contribution in [1.82, 2.24) is 0 Å². The molecule has 0 amide bonds. The molecule has 1 rings (SSSR count). The molecule has 0 spiro atoms. The van der Waals surface area contributed by atoms with Gasteiger partial charge in [-0.2, -0.15) is 26.3 Å². The van der Waals surface area contributed by atoms with E-state index in [9.17, 15) is 5.11 Å². The van der Waals surface area contributed by atoms with Crippen molar-refractivity contribution in [2.24, 2.45) is 0 Å². The van der Waals surface area contributed by atoms with Crippen molar-refractivity contribution in [3.05, 3.63) is 27.8 Å². The fourth-order valence-corrected chi connectivity index (χ4v) is 1.51. The van der Waals surface area contributed by atoms with E-state index in [0.717, 1.165) is 0 Å². The normalized spacial score (nSPS) is 8.17. The number of aromatic hydroxyl groups is 1. The molecule has 0 unspecified atom stereocenters. The Hall–Kier alpha value is -3.53. The Morgan fingerprint density at radius 1 is 0.722 bits per heavy atom. The van der Waals surface area contributed by atoms with E-state index >= 15 is 0 Å². The number of phenolic OH excluding ortho intramolecular Hbond substituents is 1. The van der Waals surface area contributed by atoms with Crippen molar-refractivity contribution in [2.75, 3.05) is 0 Å². The fraction of sp³-hybridized carbons (Fsp3) is 0.0833. The Bertz CT molecular complexity index is 676. The highest BCUT2D eigenvalue weighted by atomic mass is 16.3. The number of nitriles is 5. The van der Waals surface area contributed by atoms with Gasteiger partial charge < -0.3 is 5.11 Å². The van der Waals surface area contributed by atoms with Crippen LogP contribution in [0.1, 0.15) is 27.8 Å². The standard InChI is InChI=1S/C12H3N5O/c13-2-1-7-8(3-14)10(5-16)12(18)11(6-17)9(7)4-15/h18H,1H2. The van der Waals surface area contributed by atoms with Crippen LogP contribution < -0.4 is 0 Å². The molecule has 0 aliphatic carbocycles. The van der Waals surface area contributed by atoms with Crippen LogP contribution in [0.15, 0.2) is 0 Å². The lowest BCUT2D eigenvalue weighted by molar-refractivity contribution is 0.471. The van der Waals surface area contributed by atoms with Gasteiger partial charge in [0.25, 0.3) is 0 Å². The van der Waals surface area contributed by atoms with Gasteiger partial charge in [-0.15, -0.1) is 0 Å². The molecule has 0 fully saturated rings. The highest BCUT2D eigenvalue weighted by Crippen LogP contribution is 2.32. The summed E-state index contributed by atoms with van der Waals surface area (Å²) in [5, 5.41) is 54.0. The van der Waals surface area contributed by atoms with Gasteiger partial charge in [0, 0.05) is 5.56 Å². The first-order chi connectivity index (χ1) is 8.65. The zero-order valence-corrected chi connectivity index (χ0v) is 8.89. The number of hydrogen-bond acceptors (Lipinski definition) is 6. The maximum absolute atomic E-state index is 9.68. The van der Waals surface area contributed by atoms with E-state index < -0.39 is 16.9 Å². The molecule has 0 aromatic heterocycles. The van der Waals surface area contributed by atoms with E-state index in [-0.39, 0.29) is 23.1 Å². The van der Waals surface area contributed by atoms with Crippen LogP contribution in [0.3, 0.4) is 0 Å². The summed E-state index contributed by atoms with van der Waals surface area (Å²) < 4.78 is 0. The molecule has 1 N–H and O–H groups in total. The minimum Gasteiger partial charge on any atom is -0.505 e. The molecule has 6 heteroatoms. The Morgan fingerprint density at radius 2 is 1.11 bits per heavy atom. The third-order valence-electron chi connectivity index (χ3n) is 2.28. The molecule has 0 bridgehead atoms. The summed E-state index contributed by atoms with van der Waals surface area (Å²) in [6, 6.07) is 8.29. The first-order valence-electron chi connectivity index (χ1n) is 4.55. The molecule has 6 nitrogen and oxygen atoms in total. The van der Waals surface area contributed by atoms with Crippen molar-refractivity contribution in [1.29, 1.82) is 26.3 Å². The molecule has 0 saturated carbocycles. The minimum atomic E-state index is -0.699. The van der Waals surface area contributed by atoms with Crippen molar-refractivity contribution >= 4 is 0 Å². The molecule has 0 atom stereocenters. The molecule has 0 saturated heterocycles. The average molecular weight is 233 g/mol. The van der Waals surface area contributed by atoms with Crippen molar-refractivity contribution in [2.45, 2.75) is 6.42 Å². The monoisotopic (exact) mass is 233 g/mol. The summed E-state index contributed by atoms with van der Waals surface area (Å²) in [5.74, 6) is -0.699. The molecular formula is C12H3N5O. The van der Waals surface area contributed by atoms with Crippen molar-refractivity contribution < 1.29 is 5.11 Å². The second-order valence-electron chi connectivity index (χ2n) is 3.11. The van der Waals surface area contributed by atoms with E-state index in [1.54, 1.807) is 30.3 Å². The predicted octanol–water partition coefficient (Wildman–Crippen LogP) is 0.945. The third kappa shape index (κ3) is 1.66. The van der Waals surface area contributed by atoms with E-state index in [2.05, 4.69) is 0 Å². The van der Waals surface area contributed by atoms with Gasteiger partial charge in [-0.05, 0) is 0 Å². The van der Waals surface area contributed by atoms with Crippen LogP contribution in [0.4, 0.5) is 0 Å². The van der Waals surface area contributed by atoms with Gasteiger partial charge in [-0.25, -0.2) is 0 Å². The van der Waals surface area contributed by atoms with Gasteiger partial charge in [-0.1, -0.05) is 0 Å². The number of phenols is 1. The van der Waals surface area contributed by atoms with Gasteiger partial charge in [0.15, 0.2) is 5.75 Å². The van der Waals surface area contributed by atoms with Crippen LogP contribution in [0.25, 0.3) is 0 Å². The molecule has 0 heterocycles. The van der Waals surface area contributed by atoms with E-state index in [4.69, 9.17) is 26.3 Å². The van der Waals surface area contributed by atoms with E-state index in [0.29, 0.717) is 0 Å². The second-order valence-corrected chi connectivity index (χ2v) is 3.11. The Balaban J connectivity index is 4.00. The van der Waals surface area contributed by atoms with Crippen LogP contribution >= 0.6 is 0 Å². The summed E-state index contributed by atoms with van der Waals surface area (Å²) in [5.41, 5.74) is -1.27. The fourth-order valence-electron chi connectivity index (χ4n) is 1.51. The van der Waals surface area contributed by atoms with E-state index in [1.807, 2.05) is 0 Å². The summed E-state index contributed by atoms with van der Waals surface area (Å²) in [6.45, 7) is 0. The lowest BCUT2D eigenvalue weighted by Gasteiger charge is -2.08. The molecule has 1 aromatic rings. The SMILES string of the molecule is N#CCc1c(C#N)c(C#N)c(O)c(C#N)c1C#N. The molecule has 0 aliphatic heterocycles. The average Bonchev–Trinajstić information content (AvgIpc) is 2.39. The van der Waals surface area contributed by atoms with Crippen molar-refractivity contribution in [3.8, 4) is 36.1 Å². The van der Waals surface area contributed by atoms with Gasteiger partial charge in [0.05, 0.1) is 23.6 Å². The first-order valence-corrected chi connectivity index (χ1v) is 4.55. The van der Waals surface area contributed by atoms with Crippen LogP contribution in [-0.4, -0.2) is 5.11 Å². The largest absolute Gasteiger partial charge is 0.505 e. The van der Waals surface area contributed by atoms with Gasteiger partial charge >= 0.3 is 0 Å². The Kier molecular flexibility index (Phi) is 3.48. The number of rotatable bonds is 1. The van der Waals surface area contributed by atoms with Crippen LogP contribution in [0.2, 0.25) is 0 Å². The highest BCUT2D eigenvalue weighted by molar-refractivity contribution is 5.70. The quantitative estimate of drug-likeness (QED) is 0.765. The molecule has 82 valence electrons. The van der Waals surface area contributed by atoms with E-state index in [1.165, 1.54) is 0 Å². The second kappa shape index (κ2) is 5.00. The summed E-state index contributed by atoms with van der Waals surface area (Å²) in [7, 11) is 0. The van der Waals surface area contributed by atoms with Crippen molar-refractivity contribution in [3.63, 3.8) is 0 Å². The number of nitrogens with zero attached hydrogens (tertiary/aromatic N) is 5. The van der Waals surface area contributed by atoms with Crippen LogP contribution in [-0.2, 0) is 6.42 Å². The predicted molar refractivity (Wildman–Crippen MR) is 56.3 cm³/mol. The zero-order chi connectivity index (χ0) is 13.7. The summed E-state index contributed by atoms with van der Waals surface area (Å²) in [4.78, 5) is 0. The number of hydrogen-bond donors (Lipinski definition) is 1. The van der Waals surface area contributed by atoms with Gasteiger partial charge in [0.1, 0.15) is 35.4 Å². The Morgan fingerprint density at radius 3 is 1.39 bits per heavy atom. The van der Waals surface area contributed by atoms with Gasteiger partial charge in [0.2, 0.25) is 0 Å². The third-order valence-corrected chi connectivity index (χ3v) is 2.28. The maximum Gasteiger partial charge on any atom is 0.153 e. The lowest BCUT2D eigenvalue weighted by Crippen LogP contribution is -2.02. The van der Waals surface area contributed by atoms with Crippen LogP contribution in [0.5, 0.6) is 5.75 Å². The molecule has 18 heavy (non-hydrogen) atoms. The topological polar surface area (TPSA) is 139 Å². The van der Waals surface area contributed by atoms with Crippen LogP contribution in [0, 0.1) is 56.7 Å². The smallest absolute Gasteiger partial charge is 0.153 e. The molecular weight excluding hydrogens is 230 g/mol. The molecule has 0 aliphatic rings. The molecule has 1 aromatic carbocycles. The Labute approximate surface area is 102 Å². The lowest BCUT2D eigenvalue weighted by atomic mass is 9.90. The summed E-state index contributed by atoms with van der Waals surface area (Å²) >= 11 is 0. The molecule has 0 radical (unpaired) electrons. The minimum absolute atomic E-state index is 0.00611. The van der Waals surface area contributed by atoms with Gasteiger partial charge in [-0.3, -0.25) is 0 Å². The number of benzene rings is 1. The highest BCUT2D eigenvalue weighted by Gasteiger charge is 2.23. The zero-order valence-electron chi connectivity index (χ0n) is 8.89. The first kappa shape index (κ1) is 12.5.